The van der Waals surface area contributed by atoms with Gasteiger partial charge in [0.15, 0.2) is 0 Å². The first-order valence-corrected chi connectivity index (χ1v) is 8.80. The zero-order valence-corrected chi connectivity index (χ0v) is 15.7. The molecule has 3 rings (SSSR count). The number of rotatable bonds is 5. The first-order valence-electron chi connectivity index (χ1n) is 8.80. The predicted octanol–water partition coefficient (Wildman–Crippen LogP) is 4.29. The van der Waals surface area contributed by atoms with Crippen LogP contribution in [0.2, 0.25) is 0 Å². The summed E-state index contributed by atoms with van der Waals surface area (Å²) >= 11 is 0. The van der Waals surface area contributed by atoms with Crippen molar-refractivity contribution in [3.63, 3.8) is 0 Å². The highest BCUT2D eigenvalue weighted by molar-refractivity contribution is 5.95. The number of nitrogens with zero attached hydrogens (tertiary/aromatic N) is 1. The Labute approximate surface area is 163 Å². The molecule has 5 nitrogen and oxygen atoms in total. The summed E-state index contributed by atoms with van der Waals surface area (Å²) in [5.74, 6) is -0.248. The summed E-state index contributed by atoms with van der Waals surface area (Å²) in [5, 5.41) is 3.96. The van der Waals surface area contributed by atoms with Gasteiger partial charge in [-0.1, -0.05) is 35.4 Å². The SMILES string of the molecule is Cc1ccc(C(=O)Oc2ccc(C=NNC(=O)c3cccc(C)c3)cc2)cc1. The Morgan fingerprint density at radius 2 is 1.57 bits per heavy atom. The first-order chi connectivity index (χ1) is 13.5. The van der Waals surface area contributed by atoms with Crippen LogP contribution in [0.25, 0.3) is 0 Å². The molecule has 0 saturated heterocycles. The second-order valence-electron chi connectivity index (χ2n) is 6.39. The van der Waals surface area contributed by atoms with E-state index in [1.54, 1.807) is 48.5 Å². The molecule has 0 unspecified atom stereocenters. The molecule has 0 atom stereocenters. The molecule has 0 aliphatic heterocycles. The van der Waals surface area contributed by atoms with E-state index in [2.05, 4.69) is 10.5 Å². The van der Waals surface area contributed by atoms with Gasteiger partial charge >= 0.3 is 5.97 Å². The highest BCUT2D eigenvalue weighted by Gasteiger charge is 2.08. The monoisotopic (exact) mass is 372 g/mol. The fourth-order valence-corrected chi connectivity index (χ4v) is 2.49. The van der Waals surface area contributed by atoms with Gasteiger partial charge in [0.05, 0.1) is 11.8 Å². The van der Waals surface area contributed by atoms with Gasteiger partial charge in [-0.15, -0.1) is 0 Å². The van der Waals surface area contributed by atoms with Gasteiger partial charge in [-0.25, -0.2) is 10.2 Å². The lowest BCUT2D eigenvalue weighted by atomic mass is 10.1. The maximum Gasteiger partial charge on any atom is 0.343 e. The average molecular weight is 372 g/mol. The van der Waals surface area contributed by atoms with E-state index < -0.39 is 5.97 Å². The molecule has 0 fully saturated rings. The first kappa shape index (κ1) is 19.0. The van der Waals surface area contributed by atoms with Crippen LogP contribution >= 0.6 is 0 Å². The van der Waals surface area contributed by atoms with Crippen molar-refractivity contribution in [1.29, 1.82) is 0 Å². The van der Waals surface area contributed by atoms with Crippen LogP contribution in [0.15, 0.2) is 77.9 Å². The summed E-state index contributed by atoms with van der Waals surface area (Å²) in [5.41, 5.74) is 6.39. The fraction of sp³-hybridized carbons (Fsp3) is 0.0870. The molecule has 140 valence electrons. The van der Waals surface area contributed by atoms with Crippen LogP contribution in [0.4, 0.5) is 0 Å². The number of aryl methyl sites for hydroxylation is 2. The third-order valence-corrected chi connectivity index (χ3v) is 4.04. The second kappa shape index (κ2) is 8.77. The third-order valence-electron chi connectivity index (χ3n) is 4.04. The molecule has 0 aliphatic carbocycles. The molecule has 1 N–H and O–H groups in total. The van der Waals surface area contributed by atoms with Crippen LogP contribution in [0.5, 0.6) is 5.75 Å². The van der Waals surface area contributed by atoms with Gasteiger partial charge in [0.1, 0.15) is 5.75 Å². The maximum atomic E-state index is 12.1. The molecule has 0 radical (unpaired) electrons. The Kier molecular flexibility index (Phi) is 5.97. The molecule has 3 aromatic carbocycles. The van der Waals surface area contributed by atoms with E-state index in [0.29, 0.717) is 16.9 Å². The molecule has 3 aromatic rings. The zero-order chi connectivity index (χ0) is 19.9. The fourth-order valence-electron chi connectivity index (χ4n) is 2.49. The van der Waals surface area contributed by atoms with Crippen LogP contribution in [-0.4, -0.2) is 18.1 Å². The normalized spacial score (nSPS) is 10.6. The molecule has 0 aromatic heterocycles. The summed E-state index contributed by atoms with van der Waals surface area (Å²) in [7, 11) is 0. The number of hydrogen-bond donors (Lipinski definition) is 1. The number of amides is 1. The van der Waals surface area contributed by atoms with Crippen molar-refractivity contribution >= 4 is 18.1 Å². The minimum absolute atomic E-state index is 0.274. The second-order valence-corrected chi connectivity index (χ2v) is 6.39. The van der Waals surface area contributed by atoms with Gasteiger partial charge in [0, 0.05) is 5.56 Å². The van der Waals surface area contributed by atoms with Crippen LogP contribution in [0, 0.1) is 13.8 Å². The number of hydrogen-bond acceptors (Lipinski definition) is 4. The lowest BCUT2D eigenvalue weighted by molar-refractivity contribution is 0.0734. The van der Waals surface area contributed by atoms with E-state index >= 15 is 0 Å². The molecule has 0 saturated carbocycles. The number of nitrogens with one attached hydrogen (secondary N) is 1. The van der Waals surface area contributed by atoms with E-state index in [-0.39, 0.29) is 5.91 Å². The van der Waals surface area contributed by atoms with Crippen LogP contribution in [0.1, 0.15) is 37.4 Å². The lowest BCUT2D eigenvalue weighted by Gasteiger charge is -2.05. The van der Waals surface area contributed by atoms with Gasteiger partial charge in [0.2, 0.25) is 0 Å². The Bertz CT molecular complexity index is 1010. The van der Waals surface area contributed by atoms with Gasteiger partial charge in [-0.2, -0.15) is 5.10 Å². The third kappa shape index (κ3) is 5.14. The van der Waals surface area contributed by atoms with E-state index in [1.165, 1.54) is 6.21 Å². The quantitative estimate of drug-likeness (QED) is 0.314. The molecule has 0 aliphatic rings. The molecule has 5 heteroatoms. The minimum Gasteiger partial charge on any atom is -0.423 e. The van der Waals surface area contributed by atoms with Crippen molar-refractivity contribution in [2.24, 2.45) is 5.10 Å². The molecule has 28 heavy (non-hydrogen) atoms. The zero-order valence-electron chi connectivity index (χ0n) is 15.7. The van der Waals surface area contributed by atoms with Crippen molar-refractivity contribution in [2.45, 2.75) is 13.8 Å². The number of esters is 1. The average Bonchev–Trinajstić information content (AvgIpc) is 2.69. The standard InChI is InChI=1S/C23H20N2O3/c1-16-6-10-19(11-7-16)23(27)28-21-12-8-18(9-13-21)15-24-25-22(26)20-5-3-4-17(2)14-20/h3-15H,1-2H3,(H,25,26). The van der Waals surface area contributed by atoms with Crippen LogP contribution in [0.3, 0.4) is 0 Å². The molecule has 0 spiro atoms. The van der Waals surface area contributed by atoms with E-state index in [0.717, 1.165) is 16.7 Å². The van der Waals surface area contributed by atoms with Gasteiger partial charge in [-0.3, -0.25) is 4.79 Å². The van der Waals surface area contributed by atoms with Crippen molar-refractivity contribution in [3.8, 4) is 5.75 Å². The Balaban J connectivity index is 1.56. The van der Waals surface area contributed by atoms with Gasteiger partial charge in [0.25, 0.3) is 5.91 Å². The van der Waals surface area contributed by atoms with Crippen molar-refractivity contribution in [2.75, 3.05) is 0 Å². The van der Waals surface area contributed by atoms with Crippen molar-refractivity contribution in [1.82, 2.24) is 5.43 Å². The largest absolute Gasteiger partial charge is 0.423 e. The summed E-state index contributed by atoms with van der Waals surface area (Å²) in [6, 6.07) is 21.3. The van der Waals surface area contributed by atoms with E-state index in [9.17, 15) is 9.59 Å². The summed E-state index contributed by atoms with van der Waals surface area (Å²) < 4.78 is 5.35. The van der Waals surface area contributed by atoms with Crippen molar-refractivity contribution < 1.29 is 14.3 Å². The molecular weight excluding hydrogens is 352 g/mol. The van der Waals surface area contributed by atoms with Gasteiger partial charge in [-0.05, 0) is 67.9 Å². The van der Waals surface area contributed by atoms with Crippen LogP contribution < -0.4 is 10.2 Å². The Morgan fingerprint density at radius 1 is 0.857 bits per heavy atom. The summed E-state index contributed by atoms with van der Waals surface area (Å²) in [4.78, 5) is 24.2. The van der Waals surface area contributed by atoms with Crippen LogP contribution in [-0.2, 0) is 0 Å². The summed E-state index contributed by atoms with van der Waals surface area (Å²) in [6.07, 6.45) is 1.53. The lowest BCUT2D eigenvalue weighted by Crippen LogP contribution is -2.17. The number of carbonyl (C=O) groups is 2. The highest BCUT2D eigenvalue weighted by atomic mass is 16.5. The number of carbonyl (C=O) groups excluding carboxylic acids is 2. The van der Waals surface area contributed by atoms with E-state index in [1.807, 2.05) is 38.1 Å². The topological polar surface area (TPSA) is 67.8 Å². The Hall–Kier alpha value is -3.73. The predicted molar refractivity (Wildman–Crippen MR) is 109 cm³/mol. The Morgan fingerprint density at radius 3 is 2.25 bits per heavy atom. The molecule has 0 bridgehead atoms. The number of ether oxygens (including phenoxy) is 1. The minimum atomic E-state index is -0.410. The smallest absolute Gasteiger partial charge is 0.343 e. The molecule has 1 amide bonds. The van der Waals surface area contributed by atoms with Gasteiger partial charge < -0.3 is 4.74 Å². The molecular formula is C23H20N2O3. The highest BCUT2D eigenvalue weighted by Crippen LogP contribution is 2.14. The maximum absolute atomic E-state index is 12.1. The van der Waals surface area contributed by atoms with E-state index in [4.69, 9.17) is 4.74 Å². The number of benzene rings is 3. The summed E-state index contributed by atoms with van der Waals surface area (Å²) in [6.45, 7) is 3.88. The van der Waals surface area contributed by atoms with Crippen molar-refractivity contribution in [3.05, 3.63) is 101 Å². The number of hydrazone groups is 1. The molecule has 0 heterocycles.